The molecular weight excluding hydrogens is 424 g/mol. The molecule has 10 nitrogen and oxygen atoms in total. The van der Waals surface area contributed by atoms with Crippen LogP contribution < -0.4 is 15.8 Å². The van der Waals surface area contributed by atoms with Gasteiger partial charge in [-0.25, -0.2) is 4.68 Å². The summed E-state index contributed by atoms with van der Waals surface area (Å²) in [5.74, 6) is -1.06. The van der Waals surface area contributed by atoms with Crippen molar-refractivity contribution in [3.8, 4) is 5.69 Å². The van der Waals surface area contributed by atoms with E-state index < -0.39 is 21.6 Å². The number of carbonyl (C=O) groups excluding carboxylic acids is 2. The van der Waals surface area contributed by atoms with Crippen LogP contribution in [0.5, 0.6) is 0 Å². The van der Waals surface area contributed by atoms with E-state index in [0.29, 0.717) is 23.5 Å². The maximum absolute atomic E-state index is 12.9. The van der Waals surface area contributed by atoms with Crippen LogP contribution in [0.3, 0.4) is 0 Å². The van der Waals surface area contributed by atoms with E-state index in [0.717, 1.165) is 6.42 Å². The van der Waals surface area contributed by atoms with Crippen molar-refractivity contribution in [2.45, 2.75) is 33.1 Å². The summed E-state index contributed by atoms with van der Waals surface area (Å²) in [4.78, 5) is 38.1. The number of nitrogens with zero attached hydrogens (tertiary/aromatic N) is 3. The van der Waals surface area contributed by atoms with Crippen molar-refractivity contribution in [1.82, 2.24) is 14.7 Å². The van der Waals surface area contributed by atoms with Crippen molar-refractivity contribution in [2.75, 3.05) is 24.4 Å². The van der Waals surface area contributed by atoms with Crippen molar-refractivity contribution < 1.29 is 22.6 Å². The van der Waals surface area contributed by atoms with Crippen molar-refractivity contribution in [1.29, 1.82) is 0 Å². The van der Waals surface area contributed by atoms with Crippen LogP contribution in [0, 0.1) is 6.92 Å². The summed E-state index contributed by atoms with van der Waals surface area (Å²) in [5.41, 5.74) is 1.10. The Labute approximate surface area is 181 Å². The fourth-order valence-corrected chi connectivity index (χ4v) is 3.87. The Kier molecular flexibility index (Phi) is 7.80. The predicted molar refractivity (Wildman–Crippen MR) is 117 cm³/mol. The van der Waals surface area contributed by atoms with E-state index in [-0.39, 0.29) is 30.2 Å². The molecule has 31 heavy (non-hydrogen) atoms. The van der Waals surface area contributed by atoms with E-state index >= 15 is 0 Å². The zero-order valence-electron chi connectivity index (χ0n) is 18.1. The molecule has 0 saturated carbocycles. The molecule has 2 N–H and O–H groups in total. The summed E-state index contributed by atoms with van der Waals surface area (Å²) < 4.78 is 34.4. The molecule has 1 aromatic heterocycles. The van der Waals surface area contributed by atoms with Gasteiger partial charge in [-0.05, 0) is 37.6 Å². The van der Waals surface area contributed by atoms with Gasteiger partial charge in [-0.1, -0.05) is 6.92 Å². The molecule has 170 valence electrons. The van der Waals surface area contributed by atoms with Crippen LogP contribution in [0.4, 0.5) is 5.69 Å². The van der Waals surface area contributed by atoms with Crippen LogP contribution in [-0.4, -0.2) is 53.5 Å². The first-order valence-corrected chi connectivity index (χ1v) is 11.4. The lowest BCUT2D eigenvalue weighted by Crippen LogP contribution is -2.30. The number of rotatable bonds is 10. The maximum Gasteiger partial charge on any atom is 0.295 e. The molecule has 1 heterocycles. The molecule has 0 saturated heterocycles. The number of carbonyl (C=O) groups is 2. The molecule has 0 atom stereocenters. The minimum absolute atomic E-state index is 0.0860. The first kappa shape index (κ1) is 24.4. The number of nitrogens with one attached hydrogen (secondary N) is 1. The zero-order valence-corrected chi connectivity index (χ0v) is 18.9. The third-order valence-corrected chi connectivity index (χ3v) is 5.56. The Hall–Kier alpha value is -2.92. The molecule has 2 rings (SSSR count). The van der Waals surface area contributed by atoms with Crippen molar-refractivity contribution >= 4 is 27.5 Å². The number of Topliss-reactive ketones (excluding diaryl/α,β-unsaturated/α-hetero) is 1. The molecule has 2 aromatic rings. The highest BCUT2D eigenvalue weighted by Gasteiger charge is 2.22. The number of hydrogen-bond acceptors (Lipinski definition) is 6. The summed E-state index contributed by atoms with van der Waals surface area (Å²) in [5, 5.41) is 2.72. The second-order valence-corrected chi connectivity index (χ2v) is 8.73. The molecule has 0 bridgehead atoms. The fourth-order valence-electron chi connectivity index (χ4n) is 3.25. The molecule has 0 radical (unpaired) electrons. The van der Waals surface area contributed by atoms with Gasteiger partial charge in [0.1, 0.15) is 11.6 Å². The van der Waals surface area contributed by atoms with Gasteiger partial charge in [-0.3, -0.25) is 23.6 Å². The summed E-state index contributed by atoms with van der Waals surface area (Å²) in [6, 6.07) is 6.38. The third kappa shape index (κ3) is 6.05. The summed E-state index contributed by atoms with van der Waals surface area (Å²) in [7, 11) is -1.25. The molecule has 0 aliphatic rings. The first-order valence-electron chi connectivity index (χ1n) is 9.81. The highest BCUT2D eigenvalue weighted by Crippen LogP contribution is 2.18. The monoisotopic (exact) mass is 452 g/mol. The lowest BCUT2D eigenvalue weighted by atomic mass is 10.1. The number of benzene rings is 1. The number of amides is 1. The fraction of sp³-hybridized carbons (Fsp3) is 0.450. The van der Waals surface area contributed by atoms with Crippen LogP contribution in [0.25, 0.3) is 5.69 Å². The second-order valence-electron chi connectivity index (χ2n) is 7.30. The molecule has 1 amide bonds. The quantitative estimate of drug-likeness (QED) is 0.410. The molecule has 0 aliphatic carbocycles. The number of ketones is 1. The van der Waals surface area contributed by atoms with Gasteiger partial charge < -0.3 is 10.2 Å². The Morgan fingerprint density at radius 3 is 2.32 bits per heavy atom. The average Bonchev–Trinajstić information content (AvgIpc) is 2.91. The third-order valence-electron chi connectivity index (χ3n) is 4.85. The average molecular weight is 453 g/mol. The molecular formula is C20H28N4O6S. The van der Waals surface area contributed by atoms with Crippen molar-refractivity contribution in [3.05, 3.63) is 45.9 Å². The van der Waals surface area contributed by atoms with E-state index in [1.54, 1.807) is 42.9 Å². The van der Waals surface area contributed by atoms with E-state index in [4.69, 9.17) is 4.55 Å². The SMILES string of the molecule is CCCNC(=O)CCC(=O)c1ccc(-n2c(=O)c(N(C)CS(=O)(=O)O)c(C)n2C)cc1. The zero-order chi connectivity index (χ0) is 23.3. The number of aromatic nitrogens is 2. The van der Waals surface area contributed by atoms with Crippen LogP contribution in [0.2, 0.25) is 0 Å². The van der Waals surface area contributed by atoms with Gasteiger partial charge in [-0.2, -0.15) is 8.42 Å². The number of anilines is 1. The van der Waals surface area contributed by atoms with Crippen LogP contribution in [0.1, 0.15) is 42.2 Å². The predicted octanol–water partition coefficient (Wildman–Crippen LogP) is 1.26. The van der Waals surface area contributed by atoms with Gasteiger partial charge in [0, 0.05) is 39.0 Å². The number of hydrogen-bond donors (Lipinski definition) is 2. The lowest BCUT2D eigenvalue weighted by molar-refractivity contribution is -0.121. The second kappa shape index (κ2) is 9.92. The smallest absolute Gasteiger partial charge is 0.295 e. The van der Waals surface area contributed by atoms with Crippen LogP contribution >= 0.6 is 0 Å². The van der Waals surface area contributed by atoms with E-state index in [2.05, 4.69) is 5.32 Å². The van der Waals surface area contributed by atoms with E-state index in [1.807, 2.05) is 6.92 Å². The summed E-state index contributed by atoms with van der Waals surface area (Å²) in [6.45, 7) is 4.19. The van der Waals surface area contributed by atoms with Crippen LogP contribution in [-0.2, 0) is 22.0 Å². The topological polar surface area (TPSA) is 131 Å². The Balaban J connectivity index is 2.23. The van der Waals surface area contributed by atoms with Gasteiger partial charge in [0.25, 0.3) is 15.7 Å². The van der Waals surface area contributed by atoms with Gasteiger partial charge >= 0.3 is 0 Å². The molecule has 11 heteroatoms. The van der Waals surface area contributed by atoms with Crippen molar-refractivity contribution in [2.24, 2.45) is 7.05 Å². The highest BCUT2D eigenvalue weighted by atomic mass is 32.2. The van der Waals surface area contributed by atoms with Gasteiger partial charge in [0.2, 0.25) is 5.91 Å². The first-order chi connectivity index (χ1) is 14.5. The minimum atomic E-state index is -4.30. The summed E-state index contributed by atoms with van der Waals surface area (Å²) in [6.07, 6.45) is 1.02. The van der Waals surface area contributed by atoms with E-state index in [1.165, 1.54) is 16.6 Å². The summed E-state index contributed by atoms with van der Waals surface area (Å²) >= 11 is 0. The van der Waals surface area contributed by atoms with Crippen molar-refractivity contribution in [3.63, 3.8) is 0 Å². The van der Waals surface area contributed by atoms with Gasteiger partial charge in [-0.15, -0.1) is 0 Å². The largest absolute Gasteiger partial charge is 0.356 e. The standard InChI is InChI=1S/C20H28N4O6S/c1-5-12-21-18(26)11-10-17(25)15-6-8-16(9-7-15)24-20(27)19(14(2)23(24)4)22(3)13-31(28,29)30/h6-9H,5,10-13H2,1-4H3,(H,21,26)(H,28,29,30). The molecule has 1 aromatic carbocycles. The minimum Gasteiger partial charge on any atom is -0.356 e. The molecule has 0 fully saturated rings. The molecule has 0 spiro atoms. The van der Waals surface area contributed by atoms with Gasteiger partial charge in [0.15, 0.2) is 5.78 Å². The normalized spacial score (nSPS) is 11.4. The Morgan fingerprint density at radius 2 is 1.77 bits per heavy atom. The Bertz CT molecular complexity index is 1120. The molecule has 0 aliphatic heterocycles. The maximum atomic E-state index is 12.9. The Morgan fingerprint density at radius 1 is 1.16 bits per heavy atom. The lowest BCUT2D eigenvalue weighted by Gasteiger charge is -2.15. The molecule has 0 unspecified atom stereocenters. The van der Waals surface area contributed by atoms with E-state index in [9.17, 15) is 22.8 Å². The highest BCUT2D eigenvalue weighted by molar-refractivity contribution is 7.85. The van der Waals surface area contributed by atoms with Gasteiger partial charge in [0.05, 0.1) is 11.4 Å². The van der Waals surface area contributed by atoms with Crippen LogP contribution in [0.15, 0.2) is 29.1 Å².